The second-order valence-corrected chi connectivity index (χ2v) is 4.45. The van der Waals surface area contributed by atoms with Crippen LogP contribution in [0.1, 0.15) is 18.9 Å². The maximum Gasteiger partial charge on any atom is 0.325 e. The van der Waals surface area contributed by atoms with Gasteiger partial charge in [0.2, 0.25) is 0 Å². The van der Waals surface area contributed by atoms with Crippen molar-refractivity contribution in [3.05, 3.63) is 23.8 Å². The molecule has 0 fully saturated rings. The van der Waals surface area contributed by atoms with Crippen LogP contribution in [0.5, 0.6) is 11.5 Å². The van der Waals surface area contributed by atoms with Crippen LogP contribution >= 0.6 is 0 Å². The lowest BCUT2D eigenvalue weighted by atomic mass is 9.75. The molecule has 21 heavy (non-hydrogen) atoms. The first kappa shape index (κ1) is 17.0. The van der Waals surface area contributed by atoms with E-state index in [1.807, 2.05) is 0 Å². The summed E-state index contributed by atoms with van der Waals surface area (Å²) in [4.78, 5) is 24.6. The minimum Gasteiger partial charge on any atom is -0.493 e. The Morgan fingerprint density at radius 2 is 1.76 bits per heavy atom. The molecule has 1 atom stereocenters. The Kier molecular flexibility index (Phi) is 5.72. The summed E-state index contributed by atoms with van der Waals surface area (Å²) in [6.45, 7) is 1.50. The zero-order valence-electron chi connectivity index (χ0n) is 12.8. The molecule has 116 valence electrons. The van der Waals surface area contributed by atoms with Gasteiger partial charge in [-0.05, 0) is 17.7 Å². The molecule has 0 bridgehead atoms. The van der Waals surface area contributed by atoms with E-state index in [-0.39, 0.29) is 18.7 Å². The van der Waals surface area contributed by atoms with Crippen molar-refractivity contribution in [3.63, 3.8) is 0 Å². The minimum absolute atomic E-state index is 0.167. The van der Waals surface area contributed by atoms with E-state index in [2.05, 4.69) is 0 Å². The van der Waals surface area contributed by atoms with Crippen molar-refractivity contribution in [3.8, 4) is 11.5 Å². The first-order valence-corrected chi connectivity index (χ1v) is 6.56. The SMILES string of the molecule is CCC(=O)C(CN)(C(=O)OC)c1ccc(OC)c(OC)c1. The molecule has 0 heterocycles. The lowest BCUT2D eigenvalue weighted by Gasteiger charge is -2.28. The molecule has 0 aromatic heterocycles. The van der Waals surface area contributed by atoms with E-state index in [1.165, 1.54) is 21.3 Å². The Bertz CT molecular complexity index is 511. The van der Waals surface area contributed by atoms with Gasteiger partial charge in [-0.2, -0.15) is 0 Å². The lowest BCUT2D eigenvalue weighted by Crippen LogP contribution is -2.50. The van der Waals surface area contributed by atoms with Gasteiger partial charge in [-0.1, -0.05) is 13.0 Å². The Hall–Kier alpha value is -2.08. The zero-order chi connectivity index (χ0) is 16.0. The van der Waals surface area contributed by atoms with Gasteiger partial charge in [0.15, 0.2) is 22.7 Å². The van der Waals surface area contributed by atoms with Crippen molar-refractivity contribution in [2.75, 3.05) is 27.9 Å². The van der Waals surface area contributed by atoms with Gasteiger partial charge >= 0.3 is 5.97 Å². The second-order valence-electron chi connectivity index (χ2n) is 4.45. The van der Waals surface area contributed by atoms with Crippen LogP contribution in [0.3, 0.4) is 0 Å². The summed E-state index contributed by atoms with van der Waals surface area (Å²) < 4.78 is 15.2. The predicted molar refractivity (Wildman–Crippen MR) is 77.6 cm³/mol. The Morgan fingerprint density at radius 3 is 2.19 bits per heavy atom. The summed E-state index contributed by atoms with van der Waals surface area (Å²) in [6, 6.07) is 4.83. The molecule has 1 unspecified atom stereocenters. The second kappa shape index (κ2) is 7.08. The highest BCUT2D eigenvalue weighted by Crippen LogP contribution is 2.35. The van der Waals surface area contributed by atoms with Crippen LogP contribution in [0.4, 0.5) is 0 Å². The first-order chi connectivity index (χ1) is 10.0. The summed E-state index contributed by atoms with van der Waals surface area (Å²) in [5.74, 6) is -0.0604. The number of carbonyl (C=O) groups is 2. The van der Waals surface area contributed by atoms with E-state index in [4.69, 9.17) is 19.9 Å². The summed E-state index contributed by atoms with van der Waals surface area (Å²) in [6.07, 6.45) is 0.167. The molecule has 0 spiro atoms. The van der Waals surface area contributed by atoms with E-state index in [1.54, 1.807) is 25.1 Å². The third kappa shape index (κ3) is 2.85. The van der Waals surface area contributed by atoms with Gasteiger partial charge in [-0.25, -0.2) is 0 Å². The van der Waals surface area contributed by atoms with Crippen molar-refractivity contribution < 1.29 is 23.8 Å². The molecule has 6 nitrogen and oxygen atoms in total. The number of carbonyl (C=O) groups excluding carboxylic acids is 2. The Labute approximate surface area is 124 Å². The third-order valence-corrected chi connectivity index (χ3v) is 3.51. The average Bonchev–Trinajstić information content (AvgIpc) is 2.54. The van der Waals surface area contributed by atoms with Gasteiger partial charge in [0, 0.05) is 13.0 Å². The average molecular weight is 295 g/mol. The molecule has 1 rings (SSSR count). The topological polar surface area (TPSA) is 87.9 Å². The standard InChI is InChI=1S/C15H21NO5/c1-5-13(17)15(9-16,14(18)21-4)10-6-7-11(19-2)12(8-10)20-3/h6-8H,5,9,16H2,1-4H3. The zero-order valence-corrected chi connectivity index (χ0v) is 12.8. The van der Waals surface area contributed by atoms with Crippen molar-refractivity contribution in [2.24, 2.45) is 5.73 Å². The summed E-state index contributed by atoms with van der Waals surface area (Å²) >= 11 is 0. The summed E-state index contributed by atoms with van der Waals surface area (Å²) in [5.41, 5.74) is 4.67. The van der Waals surface area contributed by atoms with Crippen LogP contribution in [-0.2, 0) is 19.7 Å². The number of Topliss-reactive ketones (excluding diaryl/α,β-unsaturated/α-hetero) is 1. The fourth-order valence-corrected chi connectivity index (χ4v) is 2.29. The Balaban J connectivity index is 3.52. The molecule has 0 saturated carbocycles. The fourth-order valence-electron chi connectivity index (χ4n) is 2.29. The number of ketones is 1. The Morgan fingerprint density at radius 1 is 1.14 bits per heavy atom. The van der Waals surface area contributed by atoms with Gasteiger partial charge in [-0.15, -0.1) is 0 Å². The maximum atomic E-state index is 12.4. The first-order valence-electron chi connectivity index (χ1n) is 6.56. The smallest absolute Gasteiger partial charge is 0.325 e. The third-order valence-electron chi connectivity index (χ3n) is 3.51. The number of esters is 1. The van der Waals surface area contributed by atoms with Gasteiger partial charge in [0.05, 0.1) is 21.3 Å². The number of methoxy groups -OCH3 is 3. The van der Waals surface area contributed by atoms with E-state index < -0.39 is 11.4 Å². The van der Waals surface area contributed by atoms with Crippen molar-refractivity contribution in [1.29, 1.82) is 0 Å². The van der Waals surface area contributed by atoms with E-state index in [9.17, 15) is 9.59 Å². The van der Waals surface area contributed by atoms with Crippen molar-refractivity contribution >= 4 is 11.8 Å². The van der Waals surface area contributed by atoms with Gasteiger partial charge in [0.25, 0.3) is 0 Å². The van der Waals surface area contributed by atoms with Crippen LogP contribution in [0, 0.1) is 0 Å². The van der Waals surface area contributed by atoms with Gasteiger partial charge < -0.3 is 19.9 Å². The molecule has 6 heteroatoms. The summed E-state index contributed by atoms with van der Waals surface area (Å²) in [7, 11) is 4.22. The van der Waals surface area contributed by atoms with E-state index >= 15 is 0 Å². The largest absolute Gasteiger partial charge is 0.493 e. The fraction of sp³-hybridized carbons (Fsp3) is 0.467. The van der Waals surface area contributed by atoms with Crippen molar-refractivity contribution in [1.82, 2.24) is 0 Å². The number of hydrogen-bond acceptors (Lipinski definition) is 6. The number of ether oxygens (including phenoxy) is 3. The molecule has 0 aliphatic heterocycles. The minimum atomic E-state index is -1.52. The van der Waals surface area contributed by atoms with E-state index in [0.29, 0.717) is 17.1 Å². The molecular weight excluding hydrogens is 274 g/mol. The molecule has 0 radical (unpaired) electrons. The van der Waals surface area contributed by atoms with Gasteiger partial charge in [0.1, 0.15) is 0 Å². The lowest BCUT2D eigenvalue weighted by molar-refractivity contribution is -0.151. The van der Waals surface area contributed by atoms with Crippen LogP contribution in [0.15, 0.2) is 18.2 Å². The number of rotatable bonds is 7. The van der Waals surface area contributed by atoms with E-state index in [0.717, 1.165) is 0 Å². The molecular formula is C15H21NO5. The number of nitrogens with two attached hydrogens (primary N) is 1. The van der Waals surface area contributed by atoms with Crippen LogP contribution in [0.25, 0.3) is 0 Å². The molecule has 1 aromatic carbocycles. The van der Waals surface area contributed by atoms with Crippen LogP contribution in [0.2, 0.25) is 0 Å². The number of hydrogen-bond donors (Lipinski definition) is 1. The van der Waals surface area contributed by atoms with Crippen LogP contribution < -0.4 is 15.2 Å². The molecule has 0 aliphatic carbocycles. The predicted octanol–water partition coefficient (Wildman–Crippen LogP) is 1.05. The molecule has 1 aromatic rings. The maximum absolute atomic E-state index is 12.4. The quantitative estimate of drug-likeness (QED) is 0.597. The van der Waals surface area contributed by atoms with Gasteiger partial charge in [-0.3, -0.25) is 9.59 Å². The van der Waals surface area contributed by atoms with Crippen LogP contribution in [-0.4, -0.2) is 39.6 Å². The summed E-state index contributed by atoms with van der Waals surface area (Å²) in [5, 5.41) is 0. The highest BCUT2D eigenvalue weighted by atomic mass is 16.5. The normalized spacial score (nSPS) is 13.2. The molecule has 0 saturated heterocycles. The number of benzene rings is 1. The monoisotopic (exact) mass is 295 g/mol. The molecule has 0 amide bonds. The van der Waals surface area contributed by atoms with Crippen molar-refractivity contribution in [2.45, 2.75) is 18.8 Å². The molecule has 2 N–H and O–H groups in total. The highest BCUT2D eigenvalue weighted by molar-refractivity contribution is 6.10. The highest BCUT2D eigenvalue weighted by Gasteiger charge is 2.46. The molecule has 0 aliphatic rings.